The third kappa shape index (κ3) is 6.02. The zero-order valence-corrected chi connectivity index (χ0v) is 24.4. The van der Waals surface area contributed by atoms with Gasteiger partial charge in [-0.2, -0.15) is 0 Å². The highest BCUT2D eigenvalue weighted by Crippen LogP contribution is 2.36. The van der Waals surface area contributed by atoms with Crippen molar-refractivity contribution in [2.45, 2.75) is 45.7 Å². The summed E-state index contributed by atoms with van der Waals surface area (Å²) in [7, 11) is 3.09. The molecular formula is C30H34N6O6. The van der Waals surface area contributed by atoms with Crippen molar-refractivity contribution in [2.75, 3.05) is 20.0 Å². The number of anilines is 1. The number of nitrogens with one attached hydrogen (secondary N) is 1. The van der Waals surface area contributed by atoms with Gasteiger partial charge < -0.3 is 24.9 Å². The molecule has 2 aromatic carbocycles. The van der Waals surface area contributed by atoms with E-state index in [9.17, 15) is 14.4 Å². The number of ether oxygens (including phenoxy) is 2. The first kappa shape index (κ1) is 30.0. The molecule has 4 aromatic rings. The van der Waals surface area contributed by atoms with Crippen LogP contribution in [0.15, 0.2) is 63.9 Å². The van der Waals surface area contributed by atoms with Gasteiger partial charge in [-0.3, -0.25) is 19.0 Å². The SMILES string of the molecule is COc1ccc(C(C)(C)c2nnc(C(=O)[C@@H](NC(=O)Cn3c(-c4ccccc4)cnc(N)c3=O)C(C)C)o2)cc1OC. The number of hydrogen-bond acceptors (Lipinski definition) is 10. The van der Waals surface area contributed by atoms with Crippen LogP contribution in [0.4, 0.5) is 5.82 Å². The standard InChI is InChI=1S/C30H34N6O6/c1-17(2)24(33-23(37)16-36-20(15-32-26(31)28(36)39)18-10-8-7-9-11-18)25(38)27-34-35-29(42-27)30(3,4)19-12-13-21(40-5)22(14-19)41-6/h7-15,17,24H,16H2,1-6H3,(H2,31,32)(H,33,37)/t24-/m0/s1. The summed E-state index contributed by atoms with van der Waals surface area (Å²) in [6.45, 7) is 6.92. The molecule has 0 saturated heterocycles. The van der Waals surface area contributed by atoms with Crippen LogP contribution in [0.1, 0.15) is 49.8 Å². The van der Waals surface area contributed by atoms with Crippen LogP contribution in [-0.4, -0.2) is 51.7 Å². The van der Waals surface area contributed by atoms with Crippen molar-refractivity contribution in [2.24, 2.45) is 5.92 Å². The number of ketones is 1. The molecule has 0 saturated carbocycles. The molecule has 3 N–H and O–H groups in total. The number of nitrogen functional groups attached to an aromatic ring is 1. The summed E-state index contributed by atoms with van der Waals surface area (Å²) in [6, 6.07) is 13.5. The number of rotatable bonds is 11. The number of nitrogens with zero attached hydrogens (tertiary/aromatic N) is 4. The van der Waals surface area contributed by atoms with Crippen molar-refractivity contribution >= 4 is 17.5 Å². The number of nitrogens with two attached hydrogens (primary N) is 1. The van der Waals surface area contributed by atoms with Crippen molar-refractivity contribution in [3.63, 3.8) is 0 Å². The zero-order chi connectivity index (χ0) is 30.6. The lowest BCUT2D eigenvalue weighted by molar-refractivity contribution is -0.122. The Morgan fingerprint density at radius 1 is 1.05 bits per heavy atom. The van der Waals surface area contributed by atoms with Crippen molar-refractivity contribution in [3.8, 4) is 22.8 Å². The van der Waals surface area contributed by atoms with Gasteiger partial charge in [0.05, 0.1) is 37.6 Å². The molecule has 0 bridgehead atoms. The second-order valence-corrected chi connectivity index (χ2v) is 10.5. The fourth-order valence-corrected chi connectivity index (χ4v) is 4.45. The van der Waals surface area contributed by atoms with E-state index in [0.717, 1.165) is 5.56 Å². The Hall–Kier alpha value is -5.00. The topological polar surface area (TPSA) is 164 Å². The minimum atomic E-state index is -0.995. The second-order valence-electron chi connectivity index (χ2n) is 10.5. The van der Waals surface area contributed by atoms with Gasteiger partial charge in [0.1, 0.15) is 6.54 Å². The van der Waals surface area contributed by atoms with Gasteiger partial charge in [-0.15, -0.1) is 10.2 Å². The highest BCUT2D eigenvalue weighted by atomic mass is 16.5. The fourth-order valence-electron chi connectivity index (χ4n) is 4.45. The van der Waals surface area contributed by atoms with Crippen LogP contribution in [-0.2, 0) is 16.8 Å². The van der Waals surface area contributed by atoms with Crippen LogP contribution >= 0.6 is 0 Å². The predicted octanol–water partition coefficient (Wildman–Crippen LogP) is 3.24. The summed E-state index contributed by atoms with van der Waals surface area (Å²) >= 11 is 0. The molecule has 0 fully saturated rings. The summed E-state index contributed by atoms with van der Waals surface area (Å²) in [6.07, 6.45) is 1.44. The maximum Gasteiger partial charge on any atom is 0.294 e. The van der Waals surface area contributed by atoms with E-state index >= 15 is 0 Å². The van der Waals surface area contributed by atoms with E-state index in [-0.39, 0.29) is 30.1 Å². The van der Waals surface area contributed by atoms with Gasteiger partial charge in [-0.05, 0) is 43.0 Å². The lowest BCUT2D eigenvalue weighted by atomic mass is 9.84. The Balaban J connectivity index is 1.57. The largest absolute Gasteiger partial charge is 0.493 e. The van der Waals surface area contributed by atoms with Crippen molar-refractivity contribution in [1.29, 1.82) is 0 Å². The minimum absolute atomic E-state index is 0.207. The Bertz CT molecular complexity index is 1640. The van der Waals surface area contributed by atoms with Crippen LogP contribution in [0.5, 0.6) is 11.5 Å². The Kier molecular flexibility index (Phi) is 8.74. The molecule has 0 spiro atoms. The first-order valence-electron chi connectivity index (χ1n) is 13.3. The lowest BCUT2D eigenvalue weighted by Crippen LogP contribution is -2.46. The molecule has 0 aliphatic rings. The number of amides is 1. The number of methoxy groups -OCH3 is 2. The average molecular weight is 575 g/mol. The smallest absolute Gasteiger partial charge is 0.294 e. The van der Waals surface area contributed by atoms with Crippen molar-refractivity contribution < 1.29 is 23.5 Å². The second kappa shape index (κ2) is 12.2. The molecule has 2 heterocycles. The first-order valence-corrected chi connectivity index (χ1v) is 13.3. The summed E-state index contributed by atoms with van der Waals surface area (Å²) in [5, 5.41) is 10.9. The molecule has 1 amide bonds. The monoisotopic (exact) mass is 574 g/mol. The van der Waals surface area contributed by atoms with E-state index in [2.05, 4.69) is 20.5 Å². The minimum Gasteiger partial charge on any atom is -0.493 e. The average Bonchev–Trinajstić information content (AvgIpc) is 3.49. The molecule has 220 valence electrons. The molecule has 1 atom stereocenters. The highest BCUT2D eigenvalue weighted by Gasteiger charge is 2.34. The summed E-state index contributed by atoms with van der Waals surface area (Å²) in [5.74, 6) is -0.625. The molecule has 0 radical (unpaired) electrons. The van der Waals surface area contributed by atoms with Crippen LogP contribution in [0.3, 0.4) is 0 Å². The zero-order valence-electron chi connectivity index (χ0n) is 24.4. The lowest BCUT2D eigenvalue weighted by Gasteiger charge is -2.22. The number of carbonyl (C=O) groups is 2. The van der Waals surface area contributed by atoms with Gasteiger partial charge in [0.15, 0.2) is 17.3 Å². The van der Waals surface area contributed by atoms with E-state index in [1.165, 1.54) is 10.8 Å². The Morgan fingerprint density at radius 3 is 2.38 bits per heavy atom. The number of hydrogen-bond donors (Lipinski definition) is 2. The molecule has 0 aliphatic carbocycles. The van der Waals surface area contributed by atoms with E-state index < -0.39 is 28.7 Å². The van der Waals surface area contributed by atoms with Gasteiger partial charge in [0.25, 0.3) is 11.4 Å². The Morgan fingerprint density at radius 2 is 1.74 bits per heavy atom. The van der Waals surface area contributed by atoms with Gasteiger partial charge in [0.2, 0.25) is 17.6 Å². The van der Waals surface area contributed by atoms with E-state index in [0.29, 0.717) is 22.8 Å². The maximum absolute atomic E-state index is 13.5. The van der Waals surface area contributed by atoms with E-state index in [1.807, 2.05) is 26.0 Å². The van der Waals surface area contributed by atoms with Crippen LogP contribution in [0, 0.1) is 5.92 Å². The maximum atomic E-state index is 13.5. The first-order chi connectivity index (χ1) is 20.0. The fraction of sp³-hybridized carbons (Fsp3) is 0.333. The molecule has 4 rings (SSSR count). The van der Waals surface area contributed by atoms with Crippen LogP contribution in [0.2, 0.25) is 0 Å². The van der Waals surface area contributed by atoms with E-state index in [1.54, 1.807) is 64.5 Å². The molecule has 0 aliphatic heterocycles. The Labute approximate surface area is 242 Å². The van der Waals surface area contributed by atoms with Crippen molar-refractivity contribution in [3.05, 3.63) is 82.4 Å². The third-order valence-corrected chi connectivity index (χ3v) is 6.99. The molecule has 0 unspecified atom stereocenters. The van der Waals surface area contributed by atoms with E-state index in [4.69, 9.17) is 19.6 Å². The molecule has 2 aromatic heterocycles. The van der Waals surface area contributed by atoms with Gasteiger partial charge >= 0.3 is 0 Å². The molecular weight excluding hydrogens is 540 g/mol. The highest BCUT2D eigenvalue weighted by molar-refractivity contribution is 5.98. The van der Waals surface area contributed by atoms with Crippen molar-refractivity contribution in [1.82, 2.24) is 25.1 Å². The quantitative estimate of drug-likeness (QED) is 0.254. The van der Waals surface area contributed by atoms with Crippen LogP contribution < -0.4 is 26.1 Å². The number of benzene rings is 2. The number of aromatic nitrogens is 4. The normalized spacial score (nSPS) is 12.2. The molecule has 42 heavy (non-hydrogen) atoms. The third-order valence-electron chi connectivity index (χ3n) is 6.99. The van der Waals surface area contributed by atoms with Crippen LogP contribution in [0.25, 0.3) is 11.3 Å². The summed E-state index contributed by atoms with van der Waals surface area (Å²) < 4.78 is 17.8. The molecule has 12 nitrogen and oxygen atoms in total. The predicted molar refractivity (Wildman–Crippen MR) is 155 cm³/mol. The number of carbonyl (C=O) groups excluding carboxylic acids is 2. The summed E-state index contributed by atoms with van der Waals surface area (Å²) in [4.78, 5) is 43.5. The van der Waals surface area contributed by atoms with Gasteiger partial charge in [-0.1, -0.05) is 50.2 Å². The van der Waals surface area contributed by atoms with Gasteiger partial charge in [0, 0.05) is 0 Å². The van der Waals surface area contributed by atoms with Gasteiger partial charge in [-0.25, -0.2) is 4.98 Å². The molecule has 12 heteroatoms. The number of Topliss-reactive ketones (excluding diaryl/α,β-unsaturated/α-hetero) is 1. The summed E-state index contributed by atoms with van der Waals surface area (Å²) in [5.41, 5.74) is 6.26.